The molecular weight excluding hydrogens is 414 g/mol. The Balaban J connectivity index is 1.72. The van der Waals surface area contributed by atoms with E-state index in [0.29, 0.717) is 39.9 Å². The predicted octanol–water partition coefficient (Wildman–Crippen LogP) is 4.89. The number of ether oxygens (including phenoxy) is 2. The van der Waals surface area contributed by atoms with Gasteiger partial charge < -0.3 is 14.0 Å². The summed E-state index contributed by atoms with van der Waals surface area (Å²) in [6.07, 6.45) is 7.89. The first-order valence-corrected chi connectivity index (χ1v) is 11.5. The lowest BCUT2D eigenvalue weighted by Gasteiger charge is -2.17. The molecule has 164 valence electrons. The zero-order valence-electron chi connectivity index (χ0n) is 18.1. The van der Waals surface area contributed by atoms with Crippen molar-refractivity contribution in [2.24, 2.45) is 0 Å². The molecule has 0 atom stereocenters. The minimum Gasteiger partial charge on any atom is -0.493 e. The van der Waals surface area contributed by atoms with Crippen LogP contribution in [0.3, 0.4) is 0 Å². The number of nitrogens with zero attached hydrogens (tertiary/aromatic N) is 3. The summed E-state index contributed by atoms with van der Waals surface area (Å²) in [6.45, 7) is 2.49. The Morgan fingerprint density at radius 2 is 1.97 bits per heavy atom. The standard InChI is InChI=1S/C23H27N3O4S/c1-15-11-17(30-25-15)14-31-23-24-19-13-21(29-3)20(28-2)12-18(19)22(27)26(23)10-9-16-7-5-4-6-8-16/h7,11-13H,4-6,8-10,14H2,1-3H3. The monoisotopic (exact) mass is 441 g/mol. The third-order valence-corrected chi connectivity index (χ3v) is 6.49. The number of rotatable bonds is 8. The Bertz CT molecular complexity index is 1170. The van der Waals surface area contributed by atoms with Gasteiger partial charge in [0.2, 0.25) is 0 Å². The van der Waals surface area contributed by atoms with Gasteiger partial charge in [-0.25, -0.2) is 4.98 Å². The number of allylic oxidation sites excluding steroid dienone is 2. The Morgan fingerprint density at radius 3 is 2.65 bits per heavy atom. The molecule has 0 spiro atoms. The smallest absolute Gasteiger partial charge is 0.262 e. The van der Waals surface area contributed by atoms with Gasteiger partial charge in [-0.1, -0.05) is 28.6 Å². The Labute approximate surface area is 185 Å². The summed E-state index contributed by atoms with van der Waals surface area (Å²) in [5.74, 6) is 2.38. The van der Waals surface area contributed by atoms with Crippen molar-refractivity contribution in [3.63, 3.8) is 0 Å². The van der Waals surface area contributed by atoms with E-state index in [0.717, 1.165) is 30.7 Å². The van der Waals surface area contributed by atoms with Gasteiger partial charge in [-0.15, -0.1) is 0 Å². The average molecular weight is 442 g/mol. The molecule has 2 heterocycles. The maximum Gasteiger partial charge on any atom is 0.262 e. The lowest BCUT2D eigenvalue weighted by molar-refractivity contribution is 0.355. The number of hydrogen-bond acceptors (Lipinski definition) is 7. The van der Waals surface area contributed by atoms with Crippen molar-refractivity contribution in [2.45, 2.75) is 56.5 Å². The molecule has 4 rings (SSSR count). The first-order valence-electron chi connectivity index (χ1n) is 10.5. The van der Waals surface area contributed by atoms with Gasteiger partial charge in [0.1, 0.15) is 5.76 Å². The van der Waals surface area contributed by atoms with Gasteiger partial charge in [-0.05, 0) is 45.1 Å². The van der Waals surface area contributed by atoms with Crippen molar-refractivity contribution < 1.29 is 14.0 Å². The molecule has 1 aliphatic carbocycles. The minimum atomic E-state index is -0.0707. The summed E-state index contributed by atoms with van der Waals surface area (Å²) in [6, 6.07) is 5.37. The van der Waals surface area contributed by atoms with Crippen LogP contribution in [-0.4, -0.2) is 28.9 Å². The van der Waals surface area contributed by atoms with Gasteiger partial charge >= 0.3 is 0 Å². The molecule has 0 amide bonds. The molecule has 0 N–H and O–H groups in total. The maximum absolute atomic E-state index is 13.5. The fourth-order valence-electron chi connectivity index (χ4n) is 3.84. The van der Waals surface area contributed by atoms with Crippen LogP contribution in [0.2, 0.25) is 0 Å². The molecule has 3 aromatic rings. The van der Waals surface area contributed by atoms with Crippen LogP contribution in [0.25, 0.3) is 10.9 Å². The largest absolute Gasteiger partial charge is 0.493 e. The molecule has 0 bridgehead atoms. The lowest BCUT2D eigenvalue weighted by atomic mass is 9.97. The van der Waals surface area contributed by atoms with E-state index < -0.39 is 0 Å². The van der Waals surface area contributed by atoms with E-state index in [1.165, 1.54) is 30.2 Å². The number of aryl methyl sites for hydroxylation is 1. The second-order valence-corrected chi connectivity index (χ2v) is 8.60. The molecule has 0 unspecified atom stereocenters. The van der Waals surface area contributed by atoms with E-state index in [1.54, 1.807) is 30.9 Å². The molecule has 8 heteroatoms. The molecule has 0 saturated carbocycles. The van der Waals surface area contributed by atoms with Crippen molar-refractivity contribution in [2.75, 3.05) is 14.2 Å². The third kappa shape index (κ3) is 4.79. The first kappa shape index (κ1) is 21.5. The van der Waals surface area contributed by atoms with E-state index in [-0.39, 0.29) is 5.56 Å². The third-order valence-electron chi connectivity index (χ3n) is 5.49. The maximum atomic E-state index is 13.5. The van der Waals surface area contributed by atoms with Crippen molar-refractivity contribution in [3.8, 4) is 11.5 Å². The number of aromatic nitrogens is 3. The highest BCUT2D eigenvalue weighted by atomic mass is 32.2. The topological polar surface area (TPSA) is 79.4 Å². The number of benzene rings is 1. The first-order chi connectivity index (χ1) is 15.1. The van der Waals surface area contributed by atoms with Gasteiger partial charge in [-0.2, -0.15) is 0 Å². The van der Waals surface area contributed by atoms with Gasteiger partial charge in [0, 0.05) is 18.7 Å². The zero-order valence-corrected chi connectivity index (χ0v) is 19.0. The molecule has 0 fully saturated rings. The molecule has 7 nitrogen and oxygen atoms in total. The number of hydrogen-bond donors (Lipinski definition) is 0. The van der Waals surface area contributed by atoms with Crippen LogP contribution in [0.1, 0.15) is 43.6 Å². The summed E-state index contributed by atoms with van der Waals surface area (Å²) in [5, 5.41) is 5.13. The number of thioether (sulfide) groups is 1. The van der Waals surface area contributed by atoms with E-state index in [1.807, 2.05) is 13.0 Å². The van der Waals surface area contributed by atoms with Crippen LogP contribution < -0.4 is 15.0 Å². The van der Waals surface area contributed by atoms with Crippen molar-refractivity contribution in [1.29, 1.82) is 0 Å². The normalized spacial score (nSPS) is 14.0. The molecule has 31 heavy (non-hydrogen) atoms. The van der Waals surface area contributed by atoms with Crippen LogP contribution in [0.15, 0.2) is 44.3 Å². The van der Waals surface area contributed by atoms with E-state index >= 15 is 0 Å². The quantitative estimate of drug-likeness (QED) is 0.280. The zero-order chi connectivity index (χ0) is 21.8. The molecule has 2 aromatic heterocycles. The van der Waals surface area contributed by atoms with E-state index in [4.69, 9.17) is 19.0 Å². The van der Waals surface area contributed by atoms with Crippen LogP contribution in [0.4, 0.5) is 0 Å². The summed E-state index contributed by atoms with van der Waals surface area (Å²) in [7, 11) is 3.14. The molecule has 0 saturated heterocycles. The number of fused-ring (bicyclic) bond motifs is 1. The lowest BCUT2D eigenvalue weighted by Crippen LogP contribution is -2.24. The highest BCUT2D eigenvalue weighted by Crippen LogP contribution is 2.32. The van der Waals surface area contributed by atoms with Crippen molar-refractivity contribution in [3.05, 3.63) is 51.7 Å². The van der Waals surface area contributed by atoms with Crippen LogP contribution in [-0.2, 0) is 12.3 Å². The summed E-state index contributed by atoms with van der Waals surface area (Å²) in [4.78, 5) is 18.3. The van der Waals surface area contributed by atoms with Crippen molar-refractivity contribution in [1.82, 2.24) is 14.7 Å². The highest BCUT2D eigenvalue weighted by Gasteiger charge is 2.17. The van der Waals surface area contributed by atoms with Gasteiger partial charge in [-0.3, -0.25) is 9.36 Å². The Morgan fingerprint density at radius 1 is 1.16 bits per heavy atom. The van der Waals surface area contributed by atoms with E-state index in [9.17, 15) is 4.79 Å². The fourth-order valence-corrected chi connectivity index (χ4v) is 4.74. The Kier molecular flexibility index (Phi) is 6.65. The van der Waals surface area contributed by atoms with Crippen LogP contribution in [0, 0.1) is 6.92 Å². The number of methoxy groups -OCH3 is 2. The van der Waals surface area contributed by atoms with Gasteiger partial charge in [0.15, 0.2) is 16.7 Å². The van der Waals surface area contributed by atoms with Gasteiger partial charge in [0.25, 0.3) is 5.56 Å². The van der Waals surface area contributed by atoms with Crippen LogP contribution in [0.5, 0.6) is 11.5 Å². The average Bonchev–Trinajstić information content (AvgIpc) is 3.22. The second kappa shape index (κ2) is 9.60. The molecular formula is C23H27N3O4S. The molecule has 0 aliphatic heterocycles. The Hall–Kier alpha value is -2.74. The minimum absolute atomic E-state index is 0.0707. The highest BCUT2D eigenvalue weighted by molar-refractivity contribution is 7.98. The van der Waals surface area contributed by atoms with Crippen molar-refractivity contribution >= 4 is 22.7 Å². The summed E-state index contributed by atoms with van der Waals surface area (Å²) < 4.78 is 17.9. The second-order valence-electron chi connectivity index (χ2n) is 7.66. The van der Waals surface area contributed by atoms with E-state index in [2.05, 4.69) is 11.2 Å². The molecule has 1 aliphatic rings. The van der Waals surface area contributed by atoms with Crippen LogP contribution >= 0.6 is 11.8 Å². The summed E-state index contributed by atoms with van der Waals surface area (Å²) >= 11 is 1.48. The van der Waals surface area contributed by atoms with Gasteiger partial charge in [0.05, 0.1) is 36.6 Å². The summed E-state index contributed by atoms with van der Waals surface area (Å²) in [5.41, 5.74) is 2.78. The molecule has 0 radical (unpaired) electrons. The SMILES string of the molecule is COc1cc2nc(SCc3cc(C)no3)n(CCC3=CCCCC3)c(=O)c2cc1OC. The molecule has 1 aromatic carbocycles. The fraction of sp³-hybridized carbons (Fsp3) is 0.435. The predicted molar refractivity (Wildman–Crippen MR) is 121 cm³/mol.